The van der Waals surface area contributed by atoms with Crippen LogP contribution in [0.1, 0.15) is 89.3 Å². The van der Waals surface area contributed by atoms with Crippen molar-refractivity contribution in [1.29, 1.82) is 0 Å². The van der Waals surface area contributed by atoms with Crippen molar-refractivity contribution in [2.45, 2.75) is 6.42 Å². The summed E-state index contributed by atoms with van der Waals surface area (Å²) in [5, 5.41) is 77.7. The van der Waals surface area contributed by atoms with Crippen LogP contribution in [0.25, 0.3) is 44.5 Å². The molecule has 0 saturated heterocycles. The molecule has 0 aliphatic rings. The van der Waals surface area contributed by atoms with Crippen LogP contribution < -0.4 is 9.47 Å². The van der Waals surface area contributed by atoms with E-state index in [2.05, 4.69) is 0 Å². The van der Waals surface area contributed by atoms with E-state index < -0.39 is 47.8 Å². The van der Waals surface area contributed by atoms with Gasteiger partial charge in [0.15, 0.2) is 0 Å². The summed E-state index contributed by atoms with van der Waals surface area (Å²) in [4.78, 5) is 95.4. The molecule has 0 bridgehead atoms. The van der Waals surface area contributed by atoms with E-state index in [9.17, 15) is 79.2 Å². The Labute approximate surface area is 365 Å². The van der Waals surface area contributed by atoms with Crippen LogP contribution in [0.15, 0.2) is 109 Å². The van der Waals surface area contributed by atoms with Gasteiger partial charge in [0.05, 0.1) is 57.7 Å². The maximum absolute atomic E-state index is 12.0. The molecule has 0 aliphatic heterocycles. The molecule has 0 radical (unpaired) electrons. The van der Waals surface area contributed by atoms with Crippen LogP contribution in [-0.2, 0) is 0 Å². The molecule has 18 heteroatoms. The van der Waals surface area contributed by atoms with Gasteiger partial charge in [-0.3, -0.25) is 0 Å². The Bertz CT molecular complexity index is 2670. The second-order valence-electron chi connectivity index (χ2n) is 14.1. The Morgan fingerprint density at radius 3 is 0.754 bits per heavy atom. The third kappa shape index (κ3) is 10.4. The van der Waals surface area contributed by atoms with Gasteiger partial charge in [0.25, 0.3) is 0 Å². The lowest BCUT2D eigenvalue weighted by atomic mass is 9.94. The average Bonchev–Trinajstić information content (AvgIpc) is 3.27. The standard InChI is InChI=1S/C47H32O18/c48-40(49)28-8-24(9-29(16-28)41(50)51)22-2-4-36(26-12-32(44(56)57)18-33(13-26)45(58)59)38(20-22)64-6-1-7-65-39-21-23(25-10-30(42(52)53)17-31(11-25)43(54)55)3-5-37(39)27-14-34(46(60)61)19-35(15-27)47(62)63/h2-5,8-21H,1,6-7H2,(H,48,49)(H,50,51)(H,52,53)(H,54,55)(H,56,57)(H,58,59)(H,60,61)(H,62,63). The van der Waals surface area contributed by atoms with Crippen LogP contribution in [0.4, 0.5) is 0 Å². The van der Waals surface area contributed by atoms with E-state index in [0.29, 0.717) is 0 Å². The van der Waals surface area contributed by atoms with Crippen molar-refractivity contribution in [3.05, 3.63) is 154 Å². The van der Waals surface area contributed by atoms with Gasteiger partial charge in [0.2, 0.25) is 0 Å². The molecule has 0 amide bonds. The average molecular weight is 885 g/mol. The van der Waals surface area contributed by atoms with Crippen LogP contribution in [0.3, 0.4) is 0 Å². The van der Waals surface area contributed by atoms with Crippen molar-refractivity contribution >= 4 is 47.8 Å². The highest BCUT2D eigenvalue weighted by Crippen LogP contribution is 2.38. The van der Waals surface area contributed by atoms with Crippen molar-refractivity contribution in [2.24, 2.45) is 0 Å². The fraction of sp³-hybridized carbons (Fsp3) is 0.0638. The molecule has 6 aromatic rings. The number of hydrogen-bond donors (Lipinski definition) is 8. The molecule has 18 nitrogen and oxygen atoms in total. The van der Waals surface area contributed by atoms with E-state index in [4.69, 9.17) is 9.47 Å². The Balaban J connectivity index is 1.38. The fourth-order valence-electron chi connectivity index (χ4n) is 6.69. The van der Waals surface area contributed by atoms with E-state index in [1.54, 1.807) is 0 Å². The highest BCUT2D eigenvalue weighted by Gasteiger charge is 2.21. The van der Waals surface area contributed by atoms with Crippen molar-refractivity contribution < 1.29 is 88.7 Å². The van der Waals surface area contributed by atoms with E-state index in [0.717, 1.165) is 24.3 Å². The van der Waals surface area contributed by atoms with Gasteiger partial charge >= 0.3 is 47.8 Å². The summed E-state index contributed by atoms with van der Waals surface area (Å²) < 4.78 is 12.3. The van der Waals surface area contributed by atoms with E-state index in [-0.39, 0.29) is 120 Å². The summed E-state index contributed by atoms with van der Waals surface area (Å²) >= 11 is 0. The molecule has 328 valence electrons. The van der Waals surface area contributed by atoms with Crippen LogP contribution in [-0.4, -0.2) is 102 Å². The molecular formula is C47H32O18. The summed E-state index contributed by atoms with van der Waals surface area (Å²) in [7, 11) is 0. The molecule has 6 aromatic carbocycles. The van der Waals surface area contributed by atoms with E-state index >= 15 is 0 Å². The number of benzene rings is 6. The van der Waals surface area contributed by atoms with Crippen molar-refractivity contribution in [2.75, 3.05) is 13.2 Å². The van der Waals surface area contributed by atoms with Crippen LogP contribution >= 0.6 is 0 Å². The first-order chi connectivity index (χ1) is 30.8. The van der Waals surface area contributed by atoms with E-state index in [1.807, 2.05) is 0 Å². The van der Waals surface area contributed by atoms with Gasteiger partial charge in [0, 0.05) is 17.5 Å². The Kier molecular flexibility index (Phi) is 13.0. The quantitative estimate of drug-likeness (QED) is 0.0382. The molecule has 65 heavy (non-hydrogen) atoms. The fourth-order valence-corrected chi connectivity index (χ4v) is 6.69. The second kappa shape index (κ2) is 18.7. The van der Waals surface area contributed by atoms with Crippen LogP contribution in [0.2, 0.25) is 0 Å². The normalized spacial score (nSPS) is 10.7. The van der Waals surface area contributed by atoms with Crippen LogP contribution in [0.5, 0.6) is 11.5 Å². The van der Waals surface area contributed by atoms with Gasteiger partial charge in [-0.25, -0.2) is 38.4 Å². The molecule has 0 aromatic heterocycles. The maximum Gasteiger partial charge on any atom is 0.335 e. The molecule has 0 heterocycles. The first kappa shape index (κ1) is 45.2. The molecule has 0 aliphatic carbocycles. The minimum Gasteiger partial charge on any atom is -0.493 e. The summed E-state index contributed by atoms with van der Waals surface area (Å²) in [6, 6.07) is 22.3. The smallest absolute Gasteiger partial charge is 0.335 e. The number of carboxylic acid groups (broad SMARTS) is 8. The molecular weight excluding hydrogens is 852 g/mol. The molecule has 8 N–H and O–H groups in total. The largest absolute Gasteiger partial charge is 0.493 e. The predicted octanol–water partition coefficient (Wildman–Crippen LogP) is 7.79. The Morgan fingerprint density at radius 2 is 0.523 bits per heavy atom. The predicted molar refractivity (Wildman–Crippen MR) is 226 cm³/mol. The molecule has 0 unspecified atom stereocenters. The SMILES string of the molecule is O=C(O)c1cc(C(=O)O)cc(-c2ccc(-c3cc(C(=O)O)cc(C(=O)O)c3)c(OCCCOc3cc(-c4cc(C(=O)O)cc(C(=O)O)c4)ccc3-c3cc(C(=O)O)cc(C(=O)O)c3)c2)c1. The van der Waals surface area contributed by atoms with Crippen molar-refractivity contribution in [3.8, 4) is 56.0 Å². The number of hydrogen-bond acceptors (Lipinski definition) is 10. The number of carbonyl (C=O) groups is 8. The number of carboxylic acids is 8. The maximum atomic E-state index is 12.0. The zero-order valence-corrected chi connectivity index (χ0v) is 33.2. The Morgan fingerprint density at radius 1 is 0.292 bits per heavy atom. The highest BCUT2D eigenvalue weighted by atomic mass is 16.5. The van der Waals surface area contributed by atoms with Crippen molar-refractivity contribution in [3.63, 3.8) is 0 Å². The zero-order valence-electron chi connectivity index (χ0n) is 33.2. The summed E-state index contributed by atoms with van der Waals surface area (Å²) in [5.41, 5.74) is -1.34. The number of aromatic carboxylic acids is 8. The van der Waals surface area contributed by atoms with Gasteiger partial charge in [-0.1, -0.05) is 24.3 Å². The molecule has 0 fully saturated rings. The topological polar surface area (TPSA) is 317 Å². The monoisotopic (exact) mass is 884 g/mol. The van der Waals surface area contributed by atoms with Gasteiger partial charge in [-0.2, -0.15) is 0 Å². The van der Waals surface area contributed by atoms with Gasteiger partial charge in [-0.15, -0.1) is 0 Å². The van der Waals surface area contributed by atoms with Gasteiger partial charge in [0.1, 0.15) is 11.5 Å². The number of rotatable bonds is 18. The third-order valence-electron chi connectivity index (χ3n) is 9.76. The summed E-state index contributed by atoms with van der Waals surface area (Å²) in [6.07, 6.45) is 0.0493. The summed E-state index contributed by atoms with van der Waals surface area (Å²) in [5.74, 6) is -11.3. The molecule has 0 atom stereocenters. The first-order valence-corrected chi connectivity index (χ1v) is 18.8. The zero-order chi connectivity index (χ0) is 47.3. The highest BCUT2D eigenvalue weighted by molar-refractivity contribution is 6.00. The second-order valence-corrected chi connectivity index (χ2v) is 14.1. The van der Waals surface area contributed by atoms with Gasteiger partial charge < -0.3 is 50.3 Å². The molecule has 6 rings (SSSR count). The third-order valence-corrected chi connectivity index (χ3v) is 9.76. The van der Waals surface area contributed by atoms with Crippen LogP contribution in [0, 0.1) is 0 Å². The lowest BCUT2D eigenvalue weighted by Crippen LogP contribution is -2.08. The lowest BCUT2D eigenvalue weighted by molar-refractivity contribution is 0.0676. The summed E-state index contributed by atoms with van der Waals surface area (Å²) in [6.45, 7) is -0.350. The minimum atomic E-state index is -1.42. The molecule has 0 spiro atoms. The minimum absolute atomic E-state index is 0.0286. The number of ether oxygens (including phenoxy) is 2. The molecule has 0 saturated carbocycles. The van der Waals surface area contributed by atoms with Gasteiger partial charge in [-0.05, 0) is 118 Å². The Hall–Kier alpha value is -9.32. The first-order valence-electron chi connectivity index (χ1n) is 18.8. The van der Waals surface area contributed by atoms with E-state index in [1.165, 1.54) is 84.9 Å². The van der Waals surface area contributed by atoms with Crippen molar-refractivity contribution in [1.82, 2.24) is 0 Å². The lowest BCUT2D eigenvalue weighted by Gasteiger charge is -2.17.